The van der Waals surface area contributed by atoms with E-state index < -0.39 is 0 Å². The van der Waals surface area contributed by atoms with Crippen molar-refractivity contribution in [3.8, 4) is 0 Å². The number of hydrogen-bond acceptors (Lipinski definition) is 3. The second kappa shape index (κ2) is 5.34. The summed E-state index contributed by atoms with van der Waals surface area (Å²) in [5.41, 5.74) is 14.0. The molecule has 0 unspecified atom stereocenters. The predicted molar refractivity (Wildman–Crippen MR) is 76.3 cm³/mol. The van der Waals surface area contributed by atoms with Gasteiger partial charge in [-0.05, 0) is 35.9 Å². The number of halogens is 1. The van der Waals surface area contributed by atoms with Crippen LogP contribution in [-0.4, -0.2) is 0 Å². The van der Waals surface area contributed by atoms with Gasteiger partial charge in [0, 0.05) is 16.3 Å². The fourth-order valence-electron chi connectivity index (χ4n) is 1.45. The molecule has 0 heterocycles. The van der Waals surface area contributed by atoms with Crippen molar-refractivity contribution in [2.75, 3.05) is 11.5 Å². The molecule has 0 aliphatic heterocycles. The highest BCUT2D eigenvalue weighted by atomic mass is 35.5. The van der Waals surface area contributed by atoms with Crippen molar-refractivity contribution in [2.45, 2.75) is 10.6 Å². The van der Waals surface area contributed by atoms with E-state index in [-0.39, 0.29) is 0 Å². The molecule has 0 aliphatic carbocycles. The van der Waals surface area contributed by atoms with Crippen LogP contribution in [0.1, 0.15) is 5.56 Å². The van der Waals surface area contributed by atoms with Crippen LogP contribution in [0.4, 0.5) is 11.4 Å². The molecule has 0 aliphatic rings. The number of benzene rings is 2. The van der Waals surface area contributed by atoms with Crippen molar-refractivity contribution in [2.24, 2.45) is 0 Å². The van der Waals surface area contributed by atoms with Gasteiger partial charge in [-0.25, -0.2) is 0 Å². The molecule has 2 aromatic rings. The zero-order chi connectivity index (χ0) is 12.3. The molecule has 0 atom stereocenters. The zero-order valence-electron chi connectivity index (χ0n) is 9.19. The Labute approximate surface area is 110 Å². The Balaban J connectivity index is 2.05. The third kappa shape index (κ3) is 3.32. The van der Waals surface area contributed by atoms with Crippen LogP contribution in [0.2, 0.25) is 5.02 Å². The van der Waals surface area contributed by atoms with E-state index >= 15 is 0 Å². The second-order valence-corrected chi connectivity index (χ2v) is 5.17. The van der Waals surface area contributed by atoms with Gasteiger partial charge in [-0.3, -0.25) is 0 Å². The van der Waals surface area contributed by atoms with Crippen LogP contribution in [0, 0.1) is 0 Å². The average Bonchev–Trinajstić information content (AvgIpc) is 2.31. The van der Waals surface area contributed by atoms with Crippen molar-refractivity contribution in [1.29, 1.82) is 0 Å². The number of anilines is 2. The number of nitrogen functional groups attached to an aromatic ring is 2. The summed E-state index contributed by atoms with van der Waals surface area (Å²) < 4.78 is 0. The molecule has 4 N–H and O–H groups in total. The highest BCUT2D eigenvalue weighted by Gasteiger charge is 2.00. The van der Waals surface area contributed by atoms with E-state index in [0.717, 1.165) is 16.3 Å². The van der Waals surface area contributed by atoms with Crippen LogP contribution in [0.5, 0.6) is 0 Å². The lowest BCUT2D eigenvalue weighted by molar-refractivity contribution is 1.38. The fourth-order valence-corrected chi connectivity index (χ4v) is 2.57. The molecule has 2 rings (SSSR count). The van der Waals surface area contributed by atoms with Crippen molar-refractivity contribution in [1.82, 2.24) is 0 Å². The lowest BCUT2D eigenvalue weighted by Crippen LogP contribution is -1.88. The summed E-state index contributed by atoms with van der Waals surface area (Å²) in [4.78, 5) is 1.10. The van der Waals surface area contributed by atoms with Gasteiger partial charge in [0.05, 0.1) is 10.7 Å². The van der Waals surface area contributed by atoms with E-state index in [1.165, 1.54) is 5.56 Å². The number of thioether (sulfide) groups is 1. The number of hydrogen-bond donors (Lipinski definition) is 2. The summed E-state index contributed by atoms with van der Waals surface area (Å²) in [6, 6.07) is 13.6. The third-order valence-electron chi connectivity index (χ3n) is 2.33. The molecule has 0 bridgehead atoms. The Morgan fingerprint density at radius 1 is 1.06 bits per heavy atom. The zero-order valence-corrected chi connectivity index (χ0v) is 10.8. The van der Waals surface area contributed by atoms with Crippen LogP contribution >= 0.6 is 23.4 Å². The normalized spacial score (nSPS) is 10.4. The third-order valence-corrected chi connectivity index (χ3v) is 3.72. The van der Waals surface area contributed by atoms with Crippen LogP contribution in [0.25, 0.3) is 0 Å². The van der Waals surface area contributed by atoms with E-state index in [1.807, 2.05) is 36.4 Å². The summed E-state index contributed by atoms with van der Waals surface area (Å²) in [6.45, 7) is 0. The number of nitrogens with two attached hydrogens (primary N) is 2. The minimum absolute atomic E-state index is 0.600. The molecular weight excluding hydrogens is 252 g/mol. The lowest BCUT2D eigenvalue weighted by Gasteiger charge is -2.05. The first-order chi connectivity index (χ1) is 8.15. The average molecular weight is 265 g/mol. The topological polar surface area (TPSA) is 52.0 Å². The fraction of sp³-hybridized carbons (Fsp3) is 0.0769. The maximum atomic E-state index is 5.96. The maximum absolute atomic E-state index is 5.96. The first kappa shape index (κ1) is 12.1. The monoisotopic (exact) mass is 264 g/mol. The molecule has 0 radical (unpaired) electrons. The minimum atomic E-state index is 0.600. The second-order valence-electron chi connectivity index (χ2n) is 3.72. The predicted octanol–water partition coefficient (Wildman–Crippen LogP) is 3.80. The molecular formula is C13H13ClN2S. The van der Waals surface area contributed by atoms with Gasteiger partial charge in [0.25, 0.3) is 0 Å². The van der Waals surface area contributed by atoms with Crippen LogP contribution < -0.4 is 11.5 Å². The van der Waals surface area contributed by atoms with E-state index in [1.54, 1.807) is 11.8 Å². The first-order valence-corrected chi connectivity index (χ1v) is 6.54. The Morgan fingerprint density at radius 2 is 1.88 bits per heavy atom. The van der Waals surface area contributed by atoms with Gasteiger partial charge < -0.3 is 11.5 Å². The summed E-state index contributed by atoms with van der Waals surface area (Å²) in [7, 11) is 0. The molecule has 0 aromatic heterocycles. The van der Waals surface area contributed by atoms with Crippen LogP contribution in [-0.2, 0) is 5.75 Å². The highest BCUT2D eigenvalue weighted by molar-refractivity contribution is 7.98. The van der Waals surface area contributed by atoms with E-state index in [0.29, 0.717) is 10.7 Å². The Bertz CT molecular complexity index is 529. The largest absolute Gasteiger partial charge is 0.399 e. The lowest BCUT2D eigenvalue weighted by atomic mass is 10.2. The maximum Gasteiger partial charge on any atom is 0.0646 e. The molecule has 2 nitrogen and oxygen atoms in total. The highest BCUT2D eigenvalue weighted by Crippen LogP contribution is 2.28. The Kier molecular flexibility index (Phi) is 3.82. The Morgan fingerprint density at radius 3 is 2.59 bits per heavy atom. The smallest absolute Gasteiger partial charge is 0.0646 e. The molecule has 0 spiro atoms. The standard InChI is InChI=1S/C13H13ClN2S/c14-12-7-11(4-5-13(12)16)17-8-9-2-1-3-10(15)6-9/h1-7H,8,15-16H2. The molecule has 88 valence electrons. The van der Waals surface area contributed by atoms with Crippen molar-refractivity contribution >= 4 is 34.7 Å². The van der Waals surface area contributed by atoms with E-state index in [2.05, 4.69) is 6.07 Å². The number of rotatable bonds is 3. The Hall–Kier alpha value is -1.32. The molecule has 0 saturated heterocycles. The first-order valence-electron chi connectivity index (χ1n) is 5.17. The molecule has 4 heteroatoms. The van der Waals surface area contributed by atoms with E-state index in [9.17, 15) is 0 Å². The van der Waals surface area contributed by atoms with Gasteiger partial charge in [-0.2, -0.15) is 0 Å². The molecule has 0 saturated carbocycles. The van der Waals surface area contributed by atoms with Gasteiger partial charge >= 0.3 is 0 Å². The van der Waals surface area contributed by atoms with Gasteiger partial charge in [-0.1, -0.05) is 23.7 Å². The minimum Gasteiger partial charge on any atom is -0.399 e. The SMILES string of the molecule is Nc1cccc(CSc2ccc(N)c(Cl)c2)c1. The van der Waals surface area contributed by atoms with Gasteiger partial charge in [0.15, 0.2) is 0 Å². The van der Waals surface area contributed by atoms with Crippen molar-refractivity contribution in [3.05, 3.63) is 53.1 Å². The molecule has 17 heavy (non-hydrogen) atoms. The van der Waals surface area contributed by atoms with Gasteiger partial charge in [-0.15, -0.1) is 11.8 Å². The van der Waals surface area contributed by atoms with Crippen molar-refractivity contribution in [3.63, 3.8) is 0 Å². The molecule has 2 aromatic carbocycles. The summed E-state index contributed by atoms with van der Waals surface area (Å²) >= 11 is 7.67. The van der Waals surface area contributed by atoms with E-state index in [4.69, 9.17) is 23.1 Å². The van der Waals surface area contributed by atoms with Crippen LogP contribution in [0.3, 0.4) is 0 Å². The van der Waals surface area contributed by atoms with Gasteiger partial charge in [0.2, 0.25) is 0 Å². The van der Waals surface area contributed by atoms with Gasteiger partial charge in [0.1, 0.15) is 0 Å². The summed E-state index contributed by atoms with van der Waals surface area (Å²) in [5, 5.41) is 0.600. The quantitative estimate of drug-likeness (QED) is 0.655. The summed E-state index contributed by atoms with van der Waals surface area (Å²) in [6.07, 6.45) is 0. The van der Waals surface area contributed by atoms with Crippen molar-refractivity contribution < 1.29 is 0 Å². The van der Waals surface area contributed by atoms with Crippen LogP contribution in [0.15, 0.2) is 47.4 Å². The summed E-state index contributed by atoms with van der Waals surface area (Å²) in [5.74, 6) is 0.866. The molecule has 0 amide bonds. The molecule has 0 fully saturated rings.